The Hall–Kier alpha value is -3.39. The number of hydrogen-bond acceptors (Lipinski definition) is 5. The van der Waals surface area contributed by atoms with Crippen molar-refractivity contribution >= 4 is 28.5 Å². The lowest BCUT2D eigenvalue weighted by atomic mass is 10.1. The molecule has 2 saturated heterocycles. The standard InChI is InChI=1S/C24H26N4O4/c1-31-19-8-6-18(7-9-19)27-15-17(14-22(27)29)24-25-20-4-2-3-5-21(20)28(24)16-23(30)26-10-12-32-13-11-26/h2-9,17H,10-16H2,1H3. The highest BCUT2D eigenvalue weighted by molar-refractivity contribution is 5.96. The van der Waals surface area contributed by atoms with Gasteiger partial charge in [-0.1, -0.05) is 12.1 Å². The topological polar surface area (TPSA) is 76.9 Å². The predicted octanol–water partition coefficient (Wildman–Crippen LogP) is 2.42. The average Bonchev–Trinajstić information content (AvgIpc) is 3.40. The summed E-state index contributed by atoms with van der Waals surface area (Å²) in [6.07, 6.45) is 0.362. The lowest BCUT2D eigenvalue weighted by molar-refractivity contribution is -0.135. The van der Waals surface area contributed by atoms with Gasteiger partial charge in [0.1, 0.15) is 18.1 Å². The van der Waals surface area contributed by atoms with Gasteiger partial charge >= 0.3 is 0 Å². The van der Waals surface area contributed by atoms with Gasteiger partial charge in [-0.3, -0.25) is 9.59 Å². The van der Waals surface area contributed by atoms with Gasteiger partial charge in [-0.2, -0.15) is 0 Å². The van der Waals surface area contributed by atoms with E-state index < -0.39 is 0 Å². The zero-order valence-corrected chi connectivity index (χ0v) is 18.1. The minimum absolute atomic E-state index is 0.0500. The maximum atomic E-state index is 13.0. The minimum Gasteiger partial charge on any atom is -0.497 e. The number of fused-ring (bicyclic) bond motifs is 1. The van der Waals surface area contributed by atoms with Crippen LogP contribution in [0.3, 0.4) is 0 Å². The molecule has 1 aromatic heterocycles. The summed E-state index contributed by atoms with van der Waals surface area (Å²) >= 11 is 0. The summed E-state index contributed by atoms with van der Waals surface area (Å²) in [5, 5.41) is 0. The number of imidazole rings is 1. The van der Waals surface area contributed by atoms with Crippen molar-refractivity contribution in [2.45, 2.75) is 18.9 Å². The molecule has 2 aliphatic heterocycles. The molecule has 3 heterocycles. The third kappa shape index (κ3) is 3.82. The molecule has 0 saturated carbocycles. The number of aromatic nitrogens is 2. The quantitative estimate of drug-likeness (QED) is 0.617. The number of carbonyl (C=O) groups is 2. The smallest absolute Gasteiger partial charge is 0.242 e. The van der Waals surface area contributed by atoms with E-state index >= 15 is 0 Å². The molecule has 166 valence electrons. The molecule has 8 heteroatoms. The van der Waals surface area contributed by atoms with E-state index in [-0.39, 0.29) is 24.3 Å². The lowest BCUT2D eigenvalue weighted by Crippen LogP contribution is -2.42. The number of ether oxygens (including phenoxy) is 2. The SMILES string of the molecule is COc1ccc(N2CC(c3nc4ccccc4n3CC(=O)N3CCOCC3)CC2=O)cc1. The maximum Gasteiger partial charge on any atom is 0.242 e. The number of benzene rings is 2. The van der Waals surface area contributed by atoms with Gasteiger partial charge in [-0.25, -0.2) is 4.98 Å². The van der Waals surface area contributed by atoms with Crippen LogP contribution in [-0.4, -0.2) is 66.2 Å². The van der Waals surface area contributed by atoms with E-state index in [9.17, 15) is 9.59 Å². The molecule has 8 nitrogen and oxygen atoms in total. The molecule has 0 N–H and O–H groups in total. The second-order valence-corrected chi connectivity index (χ2v) is 8.14. The molecule has 3 aromatic rings. The molecule has 2 fully saturated rings. The van der Waals surface area contributed by atoms with E-state index in [2.05, 4.69) is 0 Å². The summed E-state index contributed by atoms with van der Waals surface area (Å²) < 4.78 is 12.6. The molecule has 32 heavy (non-hydrogen) atoms. The van der Waals surface area contributed by atoms with Gasteiger partial charge < -0.3 is 23.8 Å². The van der Waals surface area contributed by atoms with Gasteiger partial charge in [0.15, 0.2) is 0 Å². The van der Waals surface area contributed by atoms with E-state index in [4.69, 9.17) is 14.5 Å². The molecule has 0 radical (unpaired) electrons. The highest BCUT2D eigenvalue weighted by Gasteiger charge is 2.35. The van der Waals surface area contributed by atoms with Crippen LogP contribution in [0.4, 0.5) is 5.69 Å². The summed E-state index contributed by atoms with van der Waals surface area (Å²) in [6, 6.07) is 15.3. The third-order valence-corrected chi connectivity index (χ3v) is 6.22. The van der Waals surface area contributed by atoms with Crippen LogP contribution in [0.2, 0.25) is 0 Å². The van der Waals surface area contributed by atoms with Gasteiger partial charge in [0.25, 0.3) is 0 Å². The van der Waals surface area contributed by atoms with E-state index in [0.717, 1.165) is 28.3 Å². The Labute approximate surface area is 186 Å². The minimum atomic E-state index is -0.0884. The zero-order chi connectivity index (χ0) is 22.1. The van der Waals surface area contributed by atoms with Crippen LogP contribution in [0.25, 0.3) is 11.0 Å². The molecule has 1 unspecified atom stereocenters. The Bertz CT molecular complexity index is 1130. The van der Waals surface area contributed by atoms with Crippen molar-refractivity contribution in [2.75, 3.05) is 44.9 Å². The Morgan fingerprint density at radius 3 is 2.62 bits per heavy atom. The first-order chi connectivity index (χ1) is 15.6. The van der Waals surface area contributed by atoms with E-state index in [1.54, 1.807) is 12.0 Å². The highest BCUT2D eigenvalue weighted by Crippen LogP contribution is 2.33. The van der Waals surface area contributed by atoms with E-state index in [1.807, 2.05) is 58.0 Å². The fraction of sp³-hybridized carbons (Fsp3) is 0.375. The largest absolute Gasteiger partial charge is 0.497 e. The number of hydrogen-bond donors (Lipinski definition) is 0. The van der Waals surface area contributed by atoms with Crippen LogP contribution in [0, 0.1) is 0 Å². The van der Waals surface area contributed by atoms with Crippen LogP contribution in [-0.2, 0) is 20.9 Å². The first-order valence-electron chi connectivity index (χ1n) is 10.9. The summed E-state index contributed by atoms with van der Waals surface area (Å²) in [5.74, 6) is 1.55. The van der Waals surface area contributed by atoms with Crippen molar-refractivity contribution in [3.63, 3.8) is 0 Å². The fourth-order valence-electron chi connectivity index (χ4n) is 4.51. The summed E-state index contributed by atoms with van der Waals surface area (Å²) in [7, 11) is 1.62. The third-order valence-electron chi connectivity index (χ3n) is 6.22. The van der Waals surface area contributed by atoms with Crippen LogP contribution in [0.5, 0.6) is 5.75 Å². The number of anilines is 1. The first-order valence-corrected chi connectivity index (χ1v) is 10.9. The molecule has 5 rings (SSSR count). The molecule has 1 atom stereocenters. The second kappa shape index (κ2) is 8.63. The number of morpholine rings is 1. The van der Waals surface area contributed by atoms with E-state index in [1.165, 1.54) is 0 Å². The van der Waals surface area contributed by atoms with Gasteiger partial charge in [-0.05, 0) is 36.4 Å². The van der Waals surface area contributed by atoms with Crippen LogP contribution in [0.15, 0.2) is 48.5 Å². The first kappa shape index (κ1) is 20.5. The van der Waals surface area contributed by atoms with Crippen molar-refractivity contribution in [1.29, 1.82) is 0 Å². The van der Waals surface area contributed by atoms with E-state index in [0.29, 0.717) is 39.3 Å². The Morgan fingerprint density at radius 1 is 1.12 bits per heavy atom. The number of methoxy groups -OCH3 is 1. The average molecular weight is 434 g/mol. The van der Waals surface area contributed by atoms with Gasteiger partial charge in [0, 0.05) is 37.7 Å². The van der Waals surface area contributed by atoms with Crippen molar-refractivity contribution in [1.82, 2.24) is 14.5 Å². The monoisotopic (exact) mass is 434 g/mol. The molecule has 2 aromatic carbocycles. The second-order valence-electron chi connectivity index (χ2n) is 8.14. The number of amides is 2. The fourth-order valence-corrected chi connectivity index (χ4v) is 4.51. The molecule has 2 aliphatic rings. The van der Waals surface area contributed by atoms with Crippen molar-refractivity contribution in [3.05, 3.63) is 54.4 Å². The van der Waals surface area contributed by atoms with Crippen molar-refractivity contribution in [3.8, 4) is 5.75 Å². The van der Waals surface area contributed by atoms with Gasteiger partial charge in [0.05, 0.1) is 31.4 Å². The predicted molar refractivity (Wildman–Crippen MR) is 120 cm³/mol. The Balaban J connectivity index is 1.43. The highest BCUT2D eigenvalue weighted by atomic mass is 16.5. The van der Waals surface area contributed by atoms with Gasteiger partial charge in [0.2, 0.25) is 11.8 Å². The Kier molecular flexibility index (Phi) is 5.53. The number of para-hydroxylation sites is 2. The zero-order valence-electron chi connectivity index (χ0n) is 18.1. The molecule has 2 amide bonds. The number of rotatable bonds is 5. The molecule has 0 bridgehead atoms. The van der Waals surface area contributed by atoms with Crippen molar-refractivity contribution < 1.29 is 19.1 Å². The maximum absolute atomic E-state index is 13.0. The summed E-state index contributed by atoms with van der Waals surface area (Å²) in [5.41, 5.74) is 2.59. The van der Waals surface area contributed by atoms with Crippen LogP contribution in [0.1, 0.15) is 18.2 Å². The molecule has 0 aliphatic carbocycles. The lowest BCUT2D eigenvalue weighted by Gasteiger charge is -2.27. The normalized spacial score (nSPS) is 19.0. The van der Waals surface area contributed by atoms with Crippen LogP contribution < -0.4 is 9.64 Å². The number of carbonyl (C=O) groups excluding carboxylic acids is 2. The van der Waals surface area contributed by atoms with Crippen LogP contribution >= 0.6 is 0 Å². The summed E-state index contributed by atoms with van der Waals surface area (Å²) in [6.45, 7) is 3.08. The van der Waals surface area contributed by atoms with Gasteiger partial charge in [-0.15, -0.1) is 0 Å². The molecule has 0 spiro atoms. The van der Waals surface area contributed by atoms with Crippen molar-refractivity contribution in [2.24, 2.45) is 0 Å². The Morgan fingerprint density at radius 2 is 1.88 bits per heavy atom. The molecular formula is C24H26N4O4. The molecular weight excluding hydrogens is 408 g/mol. The number of nitrogens with zero attached hydrogens (tertiary/aromatic N) is 4. The summed E-state index contributed by atoms with van der Waals surface area (Å²) in [4.78, 5) is 34.4.